The fourth-order valence-electron chi connectivity index (χ4n) is 1.81. The molecule has 0 bridgehead atoms. The summed E-state index contributed by atoms with van der Waals surface area (Å²) in [7, 11) is 1.41. The fourth-order valence-corrected chi connectivity index (χ4v) is 1.81. The normalized spacial score (nSPS) is 10.2. The van der Waals surface area contributed by atoms with Gasteiger partial charge in [-0.05, 0) is 42.8 Å². The summed E-state index contributed by atoms with van der Waals surface area (Å²) in [5.74, 6) is -1.48. The van der Waals surface area contributed by atoms with Crippen molar-refractivity contribution in [1.29, 1.82) is 0 Å². The maximum atomic E-state index is 13.7. The second-order valence-corrected chi connectivity index (χ2v) is 4.32. The van der Waals surface area contributed by atoms with Crippen molar-refractivity contribution in [2.75, 3.05) is 12.4 Å². The minimum Gasteiger partial charge on any atom is -0.497 e. The second kappa shape index (κ2) is 5.69. The summed E-state index contributed by atoms with van der Waals surface area (Å²) in [4.78, 5) is 11.9. The zero-order valence-electron chi connectivity index (χ0n) is 11.0. The number of anilines is 1. The van der Waals surface area contributed by atoms with E-state index in [2.05, 4.69) is 5.32 Å². The van der Waals surface area contributed by atoms with Crippen LogP contribution in [0.15, 0.2) is 36.4 Å². The SMILES string of the molecule is COc1ccc(C(=O)Nc2cc(C)cc(F)c2)c(F)c1. The van der Waals surface area contributed by atoms with E-state index in [1.807, 2.05) is 0 Å². The molecule has 0 unspecified atom stereocenters. The number of hydrogen-bond acceptors (Lipinski definition) is 2. The van der Waals surface area contributed by atoms with Gasteiger partial charge in [0, 0.05) is 11.8 Å². The number of ether oxygens (including phenoxy) is 1. The lowest BCUT2D eigenvalue weighted by molar-refractivity contribution is 0.102. The Kier molecular flexibility index (Phi) is 3.98. The zero-order chi connectivity index (χ0) is 14.7. The Morgan fingerprint density at radius 2 is 1.90 bits per heavy atom. The molecule has 3 nitrogen and oxygen atoms in total. The first kappa shape index (κ1) is 14.0. The number of carbonyl (C=O) groups excluding carboxylic acids is 1. The molecule has 0 atom stereocenters. The Hall–Kier alpha value is -2.43. The van der Waals surface area contributed by atoms with Crippen molar-refractivity contribution >= 4 is 11.6 Å². The first-order valence-electron chi connectivity index (χ1n) is 5.91. The Bertz CT molecular complexity index is 636. The Morgan fingerprint density at radius 3 is 2.50 bits per heavy atom. The van der Waals surface area contributed by atoms with Crippen molar-refractivity contribution in [2.24, 2.45) is 0 Å². The minimum atomic E-state index is -0.699. The highest BCUT2D eigenvalue weighted by Gasteiger charge is 2.13. The third-order valence-corrected chi connectivity index (χ3v) is 2.72. The van der Waals surface area contributed by atoms with Crippen molar-refractivity contribution in [1.82, 2.24) is 0 Å². The number of aryl methyl sites for hydroxylation is 1. The molecule has 20 heavy (non-hydrogen) atoms. The van der Waals surface area contributed by atoms with E-state index in [1.54, 1.807) is 13.0 Å². The monoisotopic (exact) mass is 277 g/mol. The third-order valence-electron chi connectivity index (χ3n) is 2.72. The molecule has 0 radical (unpaired) electrons. The molecule has 1 amide bonds. The molecular formula is C15H13F2NO2. The summed E-state index contributed by atoms with van der Waals surface area (Å²) in [6.07, 6.45) is 0. The average molecular weight is 277 g/mol. The number of benzene rings is 2. The minimum absolute atomic E-state index is 0.132. The van der Waals surface area contributed by atoms with Crippen molar-refractivity contribution in [3.05, 3.63) is 59.2 Å². The van der Waals surface area contributed by atoms with E-state index < -0.39 is 17.5 Å². The summed E-state index contributed by atoms with van der Waals surface area (Å²) in [6, 6.07) is 8.02. The van der Waals surface area contributed by atoms with Crippen LogP contribution in [0.4, 0.5) is 14.5 Å². The zero-order valence-corrected chi connectivity index (χ0v) is 11.0. The smallest absolute Gasteiger partial charge is 0.258 e. The average Bonchev–Trinajstić information content (AvgIpc) is 2.36. The largest absolute Gasteiger partial charge is 0.497 e. The molecule has 5 heteroatoms. The molecule has 0 spiro atoms. The standard InChI is InChI=1S/C15H13F2NO2/c1-9-5-10(16)7-11(6-9)18-15(19)13-4-3-12(20-2)8-14(13)17/h3-8H,1-2H3,(H,18,19). The van der Waals surface area contributed by atoms with Gasteiger partial charge in [0.2, 0.25) is 0 Å². The third kappa shape index (κ3) is 3.12. The van der Waals surface area contributed by atoms with E-state index in [-0.39, 0.29) is 11.3 Å². The molecule has 0 heterocycles. The highest BCUT2D eigenvalue weighted by molar-refractivity contribution is 6.04. The second-order valence-electron chi connectivity index (χ2n) is 4.32. The van der Waals surface area contributed by atoms with Crippen LogP contribution in [0.3, 0.4) is 0 Å². The summed E-state index contributed by atoms with van der Waals surface area (Å²) in [5, 5.41) is 2.46. The van der Waals surface area contributed by atoms with E-state index in [9.17, 15) is 13.6 Å². The molecule has 2 rings (SSSR count). The quantitative estimate of drug-likeness (QED) is 0.932. The molecule has 0 saturated heterocycles. The van der Waals surface area contributed by atoms with Crippen LogP contribution in [0.5, 0.6) is 5.75 Å². The summed E-state index contributed by atoms with van der Waals surface area (Å²) >= 11 is 0. The van der Waals surface area contributed by atoms with E-state index in [0.717, 1.165) is 6.07 Å². The van der Waals surface area contributed by atoms with E-state index in [4.69, 9.17) is 4.74 Å². The predicted molar refractivity (Wildman–Crippen MR) is 72.0 cm³/mol. The van der Waals surface area contributed by atoms with Crippen LogP contribution in [0, 0.1) is 18.6 Å². The molecule has 1 N–H and O–H groups in total. The van der Waals surface area contributed by atoms with Gasteiger partial charge in [0.25, 0.3) is 5.91 Å². The number of methoxy groups -OCH3 is 1. The van der Waals surface area contributed by atoms with Gasteiger partial charge in [0.05, 0.1) is 12.7 Å². The van der Waals surface area contributed by atoms with Gasteiger partial charge >= 0.3 is 0 Å². The summed E-state index contributed by atoms with van der Waals surface area (Å²) < 4.78 is 31.8. The van der Waals surface area contributed by atoms with E-state index >= 15 is 0 Å². The molecule has 0 saturated carbocycles. The van der Waals surface area contributed by atoms with Crippen molar-refractivity contribution in [2.45, 2.75) is 6.92 Å². The topological polar surface area (TPSA) is 38.3 Å². The highest BCUT2D eigenvalue weighted by Crippen LogP contribution is 2.19. The van der Waals surface area contributed by atoms with Crippen molar-refractivity contribution in [3.8, 4) is 5.75 Å². The summed E-state index contributed by atoms with van der Waals surface area (Å²) in [6.45, 7) is 1.70. The molecular weight excluding hydrogens is 264 g/mol. The van der Waals surface area contributed by atoms with Gasteiger partial charge in [-0.15, -0.1) is 0 Å². The lowest BCUT2D eigenvalue weighted by atomic mass is 10.1. The number of hydrogen-bond donors (Lipinski definition) is 1. The van der Waals surface area contributed by atoms with Crippen molar-refractivity contribution < 1.29 is 18.3 Å². The van der Waals surface area contributed by atoms with Crippen LogP contribution in [0.1, 0.15) is 15.9 Å². The van der Waals surface area contributed by atoms with Crippen molar-refractivity contribution in [3.63, 3.8) is 0 Å². The lowest BCUT2D eigenvalue weighted by Crippen LogP contribution is -2.14. The lowest BCUT2D eigenvalue weighted by Gasteiger charge is -2.08. The number of amides is 1. The van der Waals surface area contributed by atoms with E-state index in [0.29, 0.717) is 11.3 Å². The van der Waals surface area contributed by atoms with E-state index in [1.165, 1.54) is 31.4 Å². The van der Waals surface area contributed by atoms with Gasteiger partial charge in [-0.2, -0.15) is 0 Å². The Morgan fingerprint density at radius 1 is 1.15 bits per heavy atom. The van der Waals surface area contributed by atoms with Crippen LogP contribution in [-0.4, -0.2) is 13.0 Å². The number of rotatable bonds is 3. The number of carbonyl (C=O) groups is 1. The molecule has 2 aromatic carbocycles. The van der Waals surface area contributed by atoms with Crippen LogP contribution >= 0.6 is 0 Å². The molecule has 0 fully saturated rings. The Balaban J connectivity index is 2.23. The molecule has 0 aromatic heterocycles. The maximum absolute atomic E-state index is 13.7. The molecule has 0 aliphatic heterocycles. The van der Waals surface area contributed by atoms with Gasteiger partial charge in [-0.1, -0.05) is 0 Å². The van der Waals surface area contributed by atoms with Crippen LogP contribution < -0.4 is 10.1 Å². The summed E-state index contributed by atoms with van der Waals surface area (Å²) in [5.41, 5.74) is 0.811. The van der Waals surface area contributed by atoms with Gasteiger partial charge < -0.3 is 10.1 Å². The van der Waals surface area contributed by atoms with Gasteiger partial charge in [-0.25, -0.2) is 8.78 Å². The number of nitrogens with one attached hydrogen (secondary N) is 1. The van der Waals surface area contributed by atoms with Crippen LogP contribution in [-0.2, 0) is 0 Å². The molecule has 2 aromatic rings. The van der Waals surface area contributed by atoms with Gasteiger partial charge in [-0.3, -0.25) is 4.79 Å². The first-order valence-corrected chi connectivity index (χ1v) is 5.91. The van der Waals surface area contributed by atoms with Gasteiger partial charge in [0.1, 0.15) is 17.4 Å². The first-order chi connectivity index (χ1) is 9.49. The fraction of sp³-hybridized carbons (Fsp3) is 0.133. The maximum Gasteiger partial charge on any atom is 0.258 e. The molecule has 0 aliphatic rings. The highest BCUT2D eigenvalue weighted by atomic mass is 19.1. The Labute approximate surface area is 115 Å². The van der Waals surface area contributed by atoms with Crippen LogP contribution in [0.2, 0.25) is 0 Å². The van der Waals surface area contributed by atoms with Crippen LogP contribution in [0.25, 0.3) is 0 Å². The molecule has 104 valence electrons. The predicted octanol–water partition coefficient (Wildman–Crippen LogP) is 3.53. The molecule has 0 aliphatic carbocycles. The number of halogens is 2. The van der Waals surface area contributed by atoms with Gasteiger partial charge in [0.15, 0.2) is 0 Å².